The van der Waals surface area contributed by atoms with Crippen LogP contribution in [-0.4, -0.2) is 42.6 Å². The molecular weight excluding hydrogens is 498 g/mol. The lowest BCUT2D eigenvalue weighted by Crippen LogP contribution is -1.98. The Bertz CT molecular complexity index is 1720. The Hall–Kier alpha value is -4.61. The summed E-state index contributed by atoms with van der Waals surface area (Å²) in [5, 5.41) is 12.6. The fraction of sp³-hybridized carbons (Fsp3) is 0. The Kier molecular flexibility index (Phi) is 6.15. The standard InChI is InChI=1S/C13H8N2O3S.C12H9N3OS/c16-11(10-2-1-5-19-10)7-3-4-8-9(6-7)15-12(14-8)13(17)18;13-12-14-8-4-3-7(6-9(8)15-12)11(16)10-2-1-5-17-10/h1-6H,(H,14,15)(H,17,18);1-6H,(H3,13,14,15). The Labute approximate surface area is 211 Å². The highest BCUT2D eigenvalue weighted by molar-refractivity contribution is 7.12. The van der Waals surface area contributed by atoms with Crippen LogP contribution >= 0.6 is 22.7 Å². The van der Waals surface area contributed by atoms with Crippen LogP contribution in [0.5, 0.6) is 0 Å². The number of anilines is 1. The van der Waals surface area contributed by atoms with E-state index in [2.05, 4.69) is 19.9 Å². The summed E-state index contributed by atoms with van der Waals surface area (Å²) in [5.41, 5.74) is 9.33. The lowest BCUT2D eigenvalue weighted by Gasteiger charge is -1.97. The molecule has 0 saturated carbocycles. The summed E-state index contributed by atoms with van der Waals surface area (Å²) in [7, 11) is 0. The van der Waals surface area contributed by atoms with Crippen LogP contribution in [0.2, 0.25) is 0 Å². The van der Waals surface area contributed by atoms with E-state index in [1.807, 2.05) is 29.0 Å². The zero-order chi connectivity index (χ0) is 25.2. The number of carboxylic acid groups (broad SMARTS) is 1. The van der Waals surface area contributed by atoms with Crippen molar-refractivity contribution in [3.05, 3.63) is 98.1 Å². The predicted molar refractivity (Wildman–Crippen MR) is 139 cm³/mol. The number of imidazole rings is 2. The first kappa shape index (κ1) is 23.1. The zero-order valence-corrected chi connectivity index (χ0v) is 20.0. The number of benzene rings is 2. The molecule has 36 heavy (non-hydrogen) atoms. The molecule has 0 aliphatic rings. The van der Waals surface area contributed by atoms with Gasteiger partial charge < -0.3 is 20.8 Å². The van der Waals surface area contributed by atoms with Gasteiger partial charge in [-0.25, -0.2) is 14.8 Å². The second-order valence-corrected chi connectivity index (χ2v) is 9.48. The van der Waals surface area contributed by atoms with E-state index in [1.54, 1.807) is 42.5 Å². The number of aromatic carboxylic acids is 1. The molecular formula is C25H17N5O4S2. The van der Waals surface area contributed by atoms with E-state index in [0.717, 1.165) is 15.9 Å². The van der Waals surface area contributed by atoms with Gasteiger partial charge in [0.15, 0.2) is 5.95 Å². The molecule has 0 radical (unpaired) electrons. The van der Waals surface area contributed by atoms with E-state index >= 15 is 0 Å². The van der Waals surface area contributed by atoms with Gasteiger partial charge in [0.2, 0.25) is 17.4 Å². The molecule has 4 aromatic heterocycles. The molecule has 178 valence electrons. The van der Waals surface area contributed by atoms with Crippen LogP contribution < -0.4 is 5.73 Å². The molecule has 0 fully saturated rings. The maximum atomic E-state index is 12.2. The van der Waals surface area contributed by atoms with Crippen molar-refractivity contribution in [3.8, 4) is 0 Å². The van der Waals surface area contributed by atoms with Crippen molar-refractivity contribution >= 4 is 68.2 Å². The maximum absolute atomic E-state index is 12.2. The van der Waals surface area contributed by atoms with Crippen molar-refractivity contribution in [1.82, 2.24) is 19.9 Å². The van der Waals surface area contributed by atoms with Crippen LogP contribution in [0.25, 0.3) is 22.1 Å². The summed E-state index contributed by atoms with van der Waals surface area (Å²) in [6, 6.07) is 17.5. The zero-order valence-electron chi connectivity index (χ0n) is 18.4. The number of aromatic nitrogens is 4. The van der Waals surface area contributed by atoms with E-state index in [9.17, 15) is 14.4 Å². The smallest absolute Gasteiger partial charge is 0.371 e. The van der Waals surface area contributed by atoms with Gasteiger partial charge in [0.25, 0.3) is 0 Å². The summed E-state index contributed by atoms with van der Waals surface area (Å²) in [6.07, 6.45) is 0. The molecule has 9 nitrogen and oxygen atoms in total. The first-order chi connectivity index (χ1) is 17.4. The first-order valence-corrected chi connectivity index (χ1v) is 12.3. The molecule has 2 aromatic carbocycles. The minimum atomic E-state index is -1.12. The van der Waals surface area contributed by atoms with Gasteiger partial charge in [0.1, 0.15) is 0 Å². The van der Waals surface area contributed by atoms with Crippen LogP contribution in [0.1, 0.15) is 41.1 Å². The van der Waals surface area contributed by atoms with Crippen molar-refractivity contribution in [3.63, 3.8) is 0 Å². The predicted octanol–water partition coefficient (Wildman–Crippen LogP) is 4.99. The van der Waals surface area contributed by atoms with Gasteiger partial charge in [-0.2, -0.15) is 0 Å². The molecule has 0 unspecified atom stereocenters. The maximum Gasteiger partial charge on any atom is 0.371 e. The molecule has 0 amide bonds. The number of carbonyl (C=O) groups excluding carboxylic acids is 2. The van der Waals surface area contributed by atoms with Gasteiger partial charge >= 0.3 is 5.97 Å². The quantitative estimate of drug-likeness (QED) is 0.236. The number of nitrogen functional groups attached to an aromatic ring is 1. The van der Waals surface area contributed by atoms with Crippen molar-refractivity contribution < 1.29 is 19.5 Å². The number of nitrogens with two attached hydrogens (primary N) is 1. The lowest BCUT2D eigenvalue weighted by molar-refractivity contribution is 0.0684. The Morgan fingerprint density at radius 3 is 1.78 bits per heavy atom. The number of carbonyl (C=O) groups is 3. The number of nitrogens with zero attached hydrogens (tertiary/aromatic N) is 2. The number of hydrogen-bond acceptors (Lipinski definition) is 8. The van der Waals surface area contributed by atoms with Gasteiger partial charge in [-0.3, -0.25) is 9.59 Å². The molecule has 0 aliphatic carbocycles. The topological polar surface area (TPSA) is 155 Å². The van der Waals surface area contributed by atoms with Crippen molar-refractivity contribution in [1.29, 1.82) is 0 Å². The normalized spacial score (nSPS) is 10.8. The summed E-state index contributed by atoms with van der Waals surface area (Å²) < 4.78 is 0. The van der Waals surface area contributed by atoms with Gasteiger partial charge in [0, 0.05) is 11.1 Å². The number of H-pyrrole nitrogens is 2. The van der Waals surface area contributed by atoms with Crippen molar-refractivity contribution in [2.75, 3.05) is 5.73 Å². The lowest BCUT2D eigenvalue weighted by atomic mass is 10.1. The van der Waals surface area contributed by atoms with Crippen LogP contribution in [0.3, 0.4) is 0 Å². The van der Waals surface area contributed by atoms with Crippen LogP contribution in [0.15, 0.2) is 71.4 Å². The van der Waals surface area contributed by atoms with Crippen molar-refractivity contribution in [2.24, 2.45) is 0 Å². The summed E-state index contributed by atoms with van der Waals surface area (Å²) in [6.45, 7) is 0. The second-order valence-electron chi connectivity index (χ2n) is 7.59. The Morgan fingerprint density at radius 1 is 0.750 bits per heavy atom. The molecule has 5 N–H and O–H groups in total. The molecule has 6 rings (SSSR count). The fourth-order valence-corrected chi connectivity index (χ4v) is 4.89. The third-order valence-electron chi connectivity index (χ3n) is 5.20. The number of thiophene rings is 2. The van der Waals surface area contributed by atoms with E-state index < -0.39 is 5.97 Å². The number of fused-ring (bicyclic) bond motifs is 2. The third kappa shape index (κ3) is 4.65. The molecule has 0 bridgehead atoms. The number of carboxylic acids is 1. The second kappa shape index (κ2) is 9.56. The highest BCUT2D eigenvalue weighted by atomic mass is 32.1. The van der Waals surface area contributed by atoms with Crippen molar-refractivity contribution in [2.45, 2.75) is 0 Å². The summed E-state index contributed by atoms with van der Waals surface area (Å²) in [4.78, 5) is 50.0. The number of nitrogens with one attached hydrogen (secondary N) is 2. The van der Waals surface area contributed by atoms with E-state index in [0.29, 0.717) is 33.0 Å². The van der Waals surface area contributed by atoms with Crippen LogP contribution in [0.4, 0.5) is 5.95 Å². The molecule has 0 saturated heterocycles. The monoisotopic (exact) mass is 515 g/mol. The highest BCUT2D eigenvalue weighted by Crippen LogP contribution is 2.20. The van der Waals surface area contributed by atoms with E-state index in [-0.39, 0.29) is 17.4 Å². The number of ketones is 2. The molecule has 11 heteroatoms. The van der Waals surface area contributed by atoms with E-state index in [1.165, 1.54) is 22.7 Å². The van der Waals surface area contributed by atoms with Gasteiger partial charge in [0.05, 0.1) is 31.8 Å². The molecule has 4 heterocycles. The Balaban J connectivity index is 0.000000149. The molecule has 6 aromatic rings. The average Bonchev–Trinajstić information content (AvgIpc) is 3.68. The average molecular weight is 516 g/mol. The molecule has 0 spiro atoms. The highest BCUT2D eigenvalue weighted by Gasteiger charge is 2.14. The number of rotatable bonds is 5. The SMILES string of the molecule is Nc1nc2ccc(C(=O)c3cccs3)cc2[nH]1.O=C(O)c1nc2ccc(C(=O)c3cccs3)cc2[nH]1. The Morgan fingerprint density at radius 2 is 1.28 bits per heavy atom. The molecule has 0 aliphatic heterocycles. The van der Waals surface area contributed by atoms with Crippen LogP contribution in [0, 0.1) is 0 Å². The third-order valence-corrected chi connectivity index (χ3v) is 6.94. The number of aromatic amines is 2. The minimum absolute atomic E-state index is 0.0232. The fourth-order valence-electron chi connectivity index (χ4n) is 3.52. The minimum Gasteiger partial charge on any atom is -0.475 e. The first-order valence-electron chi connectivity index (χ1n) is 10.5. The summed E-state index contributed by atoms with van der Waals surface area (Å²) in [5.74, 6) is -0.947. The molecule has 0 atom stereocenters. The van der Waals surface area contributed by atoms with Crippen LogP contribution in [-0.2, 0) is 0 Å². The largest absolute Gasteiger partial charge is 0.475 e. The summed E-state index contributed by atoms with van der Waals surface area (Å²) >= 11 is 2.81. The van der Waals surface area contributed by atoms with Gasteiger partial charge in [-0.15, -0.1) is 22.7 Å². The van der Waals surface area contributed by atoms with Gasteiger partial charge in [-0.1, -0.05) is 12.1 Å². The van der Waals surface area contributed by atoms with E-state index in [4.69, 9.17) is 10.8 Å². The number of hydrogen-bond donors (Lipinski definition) is 4. The van der Waals surface area contributed by atoms with Gasteiger partial charge in [-0.05, 0) is 59.3 Å².